The van der Waals surface area contributed by atoms with Crippen molar-refractivity contribution in [2.24, 2.45) is 0 Å². The van der Waals surface area contributed by atoms with Gasteiger partial charge in [0.15, 0.2) is 5.65 Å². The minimum absolute atomic E-state index is 0.472. The van der Waals surface area contributed by atoms with E-state index in [1.165, 1.54) is 0 Å². The molecule has 0 spiro atoms. The Morgan fingerprint density at radius 3 is 2.89 bits per heavy atom. The fourth-order valence-corrected chi connectivity index (χ4v) is 2.52. The quantitative estimate of drug-likeness (QED) is 0.730. The van der Waals surface area contributed by atoms with Crippen molar-refractivity contribution in [2.75, 3.05) is 0 Å². The highest BCUT2D eigenvalue weighted by atomic mass is 35.5. The molecule has 2 aromatic rings. The molecule has 6 heteroatoms. The van der Waals surface area contributed by atoms with E-state index in [0.29, 0.717) is 26.6 Å². The summed E-state index contributed by atoms with van der Waals surface area (Å²) in [6.07, 6.45) is 8.11. The highest BCUT2D eigenvalue weighted by Crippen LogP contribution is 2.32. The maximum Gasteiger partial charge on any atom is 0.157 e. The number of halogens is 3. The summed E-state index contributed by atoms with van der Waals surface area (Å²) in [4.78, 5) is 4.48. The number of allylic oxidation sites excluding steroid dienone is 6. The molecule has 2 aromatic heterocycles. The van der Waals surface area contributed by atoms with Crippen molar-refractivity contribution in [2.45, 2.75) is 6.42 Å². The first-order chi connectivity index (χ1) is 9.16. The minimum Gasteiger partial charge on any atom is -0.228 e. The molecule has 0 saturated carbocycles. The largest absolute Gasteiger partial charge is 0.228 e. The van der Waals surface area contributed by atoms with Crippen molar-refractivity contribution < 1.29 is 0 Å². The molecule has 1 aliphatic carbocycles. The first-order valence-electron chi connectivity index (χ1n) is 5.60. The third kappa shape index (κ3) is 2.29. The van der Waals surface area contributed by atoms with Crippen molar-refractivity contribution in [3.8, 4) is 0 Å². The van der Waals surface area contributed by atoms with Crippen LogP contribution >= 0.6 is 34.8 Å². The highest BCUT2D eigenvalue weighted by Gasteiger charge is 2.13. The summed E-state index contributed by atoms with van der Waals surface area (Å²) in [6, 6.07) is 3.50. The van der Waals surface area contributed by atoms with Crippen LogP contribution in [0.2, 0.25) is 5.15 Å². The van der Waals surface area contributed by atoms with Crippen LogP contribution in [0.5, 0.6) is 0 Å². The summed E-state index contributed by atoms with van der Waals surface area (Å²) in [6.45, 7) is 0. The standard InChI is InChI=1S/C13H8Cl3N3/c14-9-4-2-1-3-8(13(9)16)10-7-11(15)19-12(18-10)5-6-17-19/h1,3-7H,2H2. The Morgan fingerprint density at radius 2 is 2.05 bits per heavy atom. The van der Waals surface area contributed by atoms with Gasteiger partial charge in [-0.05, 0) is 6.42 Å². The van der Waals surface area contributed by atoms with Crippen LogP contribution in [0.3, 0.4) is 0 Å². The van der Waals surface area contributed by atoms with Crippen molar-refractivity contribution >= 4 is 46.0 Å². The van der Waals surface area contributed by atoms with Gasteiger partial charge in [0.05, 0.1) is 22.0 Å². The van der Waals surface area contributed by atoms with Crippen LogP contribution in [0.25, 0.3) is 11.2 Å². The minimum atomic E-state index is 0.472. The fraction of sp³-hybridized carbons (Fsp3) is 0.0769. The Morgan fingerprint density at radius 1 is 1.21 bits per heavy atom. The predicted molar refractivity (Wildman–Crippen MR) is 78.5 cm³/mol. The number of hydrogen-bond acceptors (Lipinski definition) is 2. The summed E-state index contributed by atoms with van der Waals surface area (Å²) < 4.78 is 1.55. The Hall–Kier alpha value is -1.29. The van der Waals surface area contributed by atoms with Gasteiger partial charge < -0.3 is 0 Å². The molecular weight excluding hydrogens is 305 g/mol. The second-order valence-corrected chi connectivity index (χ2v) is 5.16. The van der Waals surface area contributed by atoms with Crippen molar-refractivity contribution in [1.29, 1.82) is 0 Å². The van der Waals surface area contributed by atoms with Gasteiger partial charge in [-0.25, -0.2) is 9.50 Å². The van der Waals surface area contributed by atoms with Crippen molar-refractivity contribution in [1.82, 2.24) is 14.6 Å². The molecule has 0 saturated heterocycles. The van der Waals surface area contributed by atoms with Gasteiger partial charge in [0.1, 0.15) is 5.15 Å². The molecule has 0 atom stereocenters. The lowest BCUT2D eigenvalue weighted by Crippen LogP contribution is -1.97. The highest BCUT2D eigenvalue weighted by molar-refractivity contribution is 6.46. The number of rotatable bonds is 1. The third-order valence-electron chi connectivity index (χ3n) is 2.76. The van der Waals surface area contributed by atoms with E-state index in [-0.39, 0.29) is 0 Å². The van der Waals surface area contributed by atoms with E-state index >= 15 is 0 Å². The summed E-state index contributed by atoms with van der Waals surface area (Å²) in [5.74, 6) is 0. The Labute approximate surface area is 124 Å². The molecule has 96 valence electrons. The van der Waals surface area contributed by atoms with Gasteiger partial charge in [0, 0.05) is 17.7 Å². The first kappa shape index (κ1) is 12.7. The van der Waals surface area contributed by atoms with Crippen LogP contribution in [0.15, 0.2) is 46.6 Å². The van der Waals surface area contributed by atoms with E-state index in [2.05, 4.69) is 10.1 Å². The molecule has 19 heavy (non-hydrogen) atoms. The molecule has 3 nitrogen and oxygen atoms in total. The Balaban J connectivity index is 2.23. The molecule has 0 aliphatic heterocycles. The van der Waals surface area contributed by atoms with Gasteiger partial charge in [-0.2, -0.15) is 5.10 Å². The van der Waals surface area contributed by atoms with Gasteiger partial charge in [-0.15, -0.1) is 0 Å². The van der Waals surface area contributed by atoms with Crippen LogP contribution in [0.4, 0.5) is 0 Å². The zero-order valence-corrected chi connectivity index (χ0v) is 11.9. The smallest absolute Gasteiger partial charge is 0.157 e. The lowest BCUT2D eigenvalue weighted by atomic mass is 10.1. The third-order valence-corrected chi connectivity index (χ3v) is 3.87. The van der Waals surface area contributed by atoms with E-state index in [1.807, 2.05) is 18.2 Å². The second kappa shape index (κ2) is 5.00. The normalized spacial score (nSPS) is 15.8. The monoisotopic (exact) mass is 311 g/mol. The SMILES string of the molecule is ClC1=CCC=CC(c2cc(Cl)n3nccc3n2)=C1Cl. The van der Waals surface area contributed by atoms with Crippen molar-refractivity contribution in [3.05, 3.63) is 57.5 Å². The summed E-state index contributed by atoms with van der Waals surface area (Å²) in [5, 5.41) is 5.54. The first-order valence-corrected chi connectivity index (χ1v) is 6.73. The molecule has 0 fully saturated rings. The number of aromatic nitrogens is 3. The molecule has 0 amide bonds. The average molecular weight is 313 g/mol. The number of hydrogen-bond donors (Lipinski definition) is 0. The zero-order chi connectivity index (χ0) is 13.4. The summed E-state index contributed by atoms with van der Waals surface area (Å²) in [5.41, 5.74) is 2.09. The van der Waals surface area contributed by atoms with Crippen LogP contribution in [0.1, 0.15) is 12.1 Å². The summed E-state index contributed by atoms with van der Waals surface area (Å²) in [7, 11) is 0. The molecule has 3 rings (SSSR count). The van der Waals surface area contributed by atoms with Gasteiger partial charge in [-0.1, -0.05) is 53.0 Å². The molecule has 0 bridgehead atoms. The van der Waals surface area contributed by atoms with Gasteiger partial charge >= 0.3 is 0 Å². The molecule has 2 heterocycles. The van der Waals surface area contributed by atoms with Gasteiger partial charge in [0.2, 0.25) is 0 Å². The topological polar surface area (TPSA) is 30.2 Å². The Bertz CT molecular complexity index is 741. The van der Waals surface area contributed by atoms with Gasteiger partial charge in [0.25, 0.3) is 0 Å². The molecule has 1 aliphatic rings. The van der Waals surface area contributed by atoms with Crippen LogP contribution < -0.4 is 0 Å². The van der Waals surface area contributed by atoms with E-state index in [1.54, 1.807) is 22.8 Å². The number of nitrogens with zero attached hydrogens (tertiary/aromatic N) is 3. The molecule has 0 aromatic carbocycles. The maximum atomic E-state index is 6.27. The molecule has 0 unspecified atom stereocenters. The van der Waals surface area contributed by atoms with E-state index in [0.717, 1.165) is 12.0 Å². The van der Waals surface area contributed by atoms with Gasteiger partial charge in [-0.3, -0.25) is 0 Å². The zero-order valence-electron chi connectivity index (χ0n) is 9.65. The maximum absolute atomic E-state index is 6.27. The Kier molecular flexibility index (Phi) is 3.35. The average Bonchev–Trinajstić information content (AvgIpc) is 2.80. The fourth-order valence-electron chi connectivity index (χ4n) is 1.86. The lowest BCUT2D eigenvalue weighted by Gasteiger charge is -2.06. The number of fused-ring (bicyclic) bond motifs is 1. The van der Waals surface area contributed by atoms with Crippen LogP contribution in [-0.4, -0.2) is 14.6 Å². The van der Waals surface area contributed by atoms with Crippen LogP contribution in [0, 0.1) is 0 Å². The van der Waals surface area contributed by atoms with Crippen molar-refractivity contribution in [3.63, 3.8) is 0 Å². The molecular formula is C13H8Cl3N3. The second-order valence-electron chi connectivity index (χ2n) is 3.98. The lowest BCUT2D eigenvalue weighted by molar-refractivity contribution is 0.937. The van der Waals surface area contributed by atoms with E-state index in [9.17, 15) is 0 Å². The predicted octanol–water partition coefficient (Wildman–Crippen LogP) is 4.42. The van der Waals surface area contributed by atoms with Crippen LogP contribution in [-0.2, 0) is 0 Å². The molecule has 0 N–H and O–H groups in total. The summed E-state index contributed by atoms with van der Waals surface area (Å²) >= 11 is 18.5. The van der Waals surface area contributed by atoms with E-state index < -0.39 is 0 Å². The van der Waals surface area contributed by atoms with E-state index in [4.69, 9.17) is 34.8 Å². The molecule has 0 radical (unpaired) electrons.